The average Bonchev–Trinajstić information content (AvgIpc) is 2.42. The third-order valence-corrected chi connectivity index (χ3v) is 3.24. The number of carbonyl (C=O) groups excluding carboxylic acids is 1. The predicted octanol–water partition coefficient (Wildman–Crippen LogP) is 0.0399. The van der Waals surface area contributed by atoms with E-state index in [9.17, 15) is 4.79 Å². The van der Waals surface area contributed by atoms with Crippen molar-refractivity contribution in [2.45, 2.75) is 19.5 Å². The van der Waals surface area contributed by atoms with Gasteiger partial charge < -0.3 is 10.6 Å². The second-order valence-corrected chi connectivity index (χ2v) is 4.80. The monoisotopic (exact) mass is 283 g/mol. The number of rotatable bonds is 4. The molecular formula is C12H18ClN5O. The highest BCUT2D eigenvalue weighted by Gasteiger charge is 2.28. The molecule has 1 aliphatic heterocycles. The molecule has 1 amide bonds. The van der Waals surface area contributed by atoms with Crippen LogP contribution in [0.4, 0.5) is 0 Å². The second kappa shape index (κ2) is 6.79. The van der Waals surface area contributed by atoms with Crippen molar-refractivity contribution in [2.24, 2.45) is 0 Å². The summed E-state index contributed by atoms with van der Waals surface area (Å²) in [5.41, 5.74) is 0.820. The lowest BCUT2D eigenvalue weighted by Crippen LogP contribution is -2.57. The smallest absolute Gasteiger partial charge is 0.238 e. The zero-order valence-corrected chi connectivity index (χ0v) is 11.7. The number of aromatic nitrogens is 2. The van der Waals surface area contributed by atoms with E-state index in [-0.39, 0.29) is 11.9 Å². The van der Waals surface area contributed by atoms with Gasteiger partial charge in [0.1, 0.15) is 11.2 Å². The Balaban J connectivity index is 2.03. The first-order valence-electron chi connectivity index (χ1n) is 6.39. The van der Waals surface area contributed by atoms with Gasteiger partial charge in [0.2, 0.25) is 5.91 Å². The first kappa shape index (κ1) is 14.2. The van der Waals surface area contributed by atoms with Crippen LogP contribution in [-0.2, 0) is 11.3 Å². The Kier molecular flexibility index (Phi) is 5.07. The minimum Gasteiger partial charge on any atom is -0.355 e. The van der Waals surface area contributed by atoms with E-state index in [0.29, 0.717) is 24.8 Å². The third-order valence-electron chi connectivity index (χ3n) is 3.05. The fraction of sp³-hybridized carbons (Fsp3) is 0.583. The summed E-state index contributed by atoms with van der Waals surface area (Å²) >= 11 is 5.71. The molecule has 6 nitrogen and oxygen atoms in total. The number of carbonyl (C=O) groups is 1. The van der Waals surface area contributed by atoms with Crippen LogP contribution in [0.3, 0.4) is 0 Å². The molecule has 1 atom stereocenters. The zero-order valence-electron chi connectivity index (χ0n) is 10.9. The van der Waals surface area contributed by atoms with E-state index >= 15 is 0 Å². The summed E-state index contributed by atoms with van der Waals surface area (Å²) < 4.78 is 0. The summed E-state index contributed by atoms with van der Waals surface area (Å²) in [6, 6.07) is -0.161. The zero-order chi connectivity index (χ0) is 13.7. The fourth-order valence-corrected chi connectivity index (χ4v) is 2.21. The van der Waals surface area contributed by atoms with Gasteiger partial charge in [-0.2, -0.15) is 0 Å². The van der Waals surface area contributed by atoms with Gasteiger partial charge in [0, 0.05) is 32.7 Å². The molecule has 1 aromatic heterocycles. The fourth-order valence-electron chi connectivity index (χ4n) is 2.11. The summed E-state index contributed by atoms with van der Waals surface area (Å²) in [5, 5.41) is 6.48. The Bertz CT molecular complexity index is 425. The average molecular weight is 284 g/mol. The quantitative estimate of drug-likeness (QED) is 0.817. The highest BCUT2D eigenvalue weighted by atomic mass is 35.5. The van der Waals surface area contributed by atoms with Crippen LogP contribution >= 0.6 is 11.6 Å². The minimum atomic E-state index is -0.161. The molecule has 1 unspecified atom stereocenters. The minimum absolute atomic E-state index is 0.0524. The van der Waals surface area contributed by atoms with Crippen LogP contribution in [0.2, 0.25) is 5.15 Å². The predicted molar refractivity (Wildman–Crippen MR) is 72.8 cm³/mol. The Morgan fingerprint density at radius 1 is 1.58 bits per heavy atom. The Morgan fingerprint density at radius 3 is 3.11 bits per heavy atom. The molecule has 1 aromatic rings. The van der Waals surface area contributed by atoms with E-state index in [4.69, 9.17) is 11.6 Å². The maximum absolute atomic E-state index is 12.0. The largest absolute Gasteiger partial charge is 0.355 e. The van der Waals surface area contributed by atoms with E-state index in [0.717, 1.165) is 18.8 Å². The Morgan fingerprint density at radius 2 is 2.42 bits per heavy atom. The Hall–Kier alpha value is -1.24. The van der Waals surface area contributed by atoms with Gasteiger partial charge >= 0.3 is 0 Å². The molecule has 0 radical (unpaired) electrons. The third kappa shape index (κ3) is 3.86. The highest BCUT2D eigenvalue weighted by molar-refractivity contribution is 6.29. The van der Waals surface area contributed by atoms with Crippen molar-refractivity contribution in [2.75, 3.05) is 26.2 Å². The molecule has 0 aromatic carbocycles. The molecule has 2 heterocycles. The Labute approximate surface area is 117 Å². The van der Waals surface area contributed by atoms with Gasteiger partial charge in [0.15, 0.2) is 0 Å². The molecule has 0 saturated carbocycles. The lowest BCUT2D eigenvalue weighted by Gasteiger charge is -2.34. The molecule has 0 aliphatic carbocycles. The van der Waals surface area contributed by atoms with Gasteiger partial charge in [-0.3, -0.25) is 14.7 Å². The number of piperazine rings is 1. The van der Waals surface area contributed by atoms with E-state index < -0.39 is 0 Å². The molecule has 2 rings (SSSR count). The SMILES string of the molecule is CCNC(=O)C1CNCCN1Cc1cnc(Cl)cn1. The van der Waals surface area contributed by atoms with Gasteiger partial charge in [-0.25, -0.2) is 4.98 Å². The van der Waals surface area contributed by atoms with Crippen LogP contribution in [0, 0.1) is 0 Å². The topological polar surface area (TPSA) is 70.2 Å². The molecule has 1 aliphatic rings. The van der Waals surface area contributed by atoms with E-state index in [2.05, 4.69) is 25.5 Å². The molecule has 1 saturated heterocycles. The normalized spacial score (nSPS) is 20.2. The number of halogens is 1. The van der Waals surface area contributed by atoms with Gasteiger partial charge in [-0.1, -0.05) is 11.6 Å². The van der Waals surface area contributed by atoms with Crippen LogP contribution in [-0.4, -0.2) is 53.0 Å². The summed E-state index contributed by atoms with van der Waals surface area (Å²) in [5.74, 6) is 0.0524. The molecule has 2 N–H and O–H groups in total. The van der Waals surface area contributed by atoms with Crippen LogP contribution in [0.1, 0.15) is 12.6 Å². The van der Waals surface area contributed by atoms with Crippen LogP contribution in [0.5, 0.6) is 0 Å². The molecule has 0 bridgehead atoms. The van der Waals surface area contributed by atoms with Crippen molar-refractivity contribution in [3.63, 3.8) is 0 Å². The van der Waals surface area contributed by atoms with Crippen molar-refractivity contribution in [1.29, 1.82) is 0 Å². The summed E-state index contributed by atoms with van der Waals surface area (Å²) in [7, 11) is 0. The maximum Gasteiger partial charge on any atom is 0.238 e. The van der Waals surface area contributed by atoms with Gasteiger partial charge in [0.05, 0.1) is 18.1 Å². The first-order valence-corrected chi connectivity index (χ1v) is 6.77. The molecule has 104 valence electrons. The number of nitrogens with one attached hydrogen (secondary N) is 2. The molecule has 19 heavy (non-hydrogen) atoms. The van der Waals surface area contributed by atoms with Crippen molar-refractivity contribution >= 4 is 17.5 Å². The lowest BCUT2D eigenvalue weighted by atomic mass is 10.1. The molecule has 1 fully saturated rings. The van der Waals surface area contributed by atoms with Crippen molar-refractivity contribution < 1.29 is 4.79 Å². The van der Waals surface area contributed by atoms with Gasteiger partial charge in [0.25, 0.3) is 0 Å². The number of hydrogen-bond donors (Lipinski definition) is 2. The number of hydrogen-bond acceptors (Lipinski definition) is 5. The number of amides is 1. The van der Waals surface area contributed by atoms with E-state index in [1.165, 1.54) is 6.20 Å². The van der Waals surface area contributed by atoms with Crippen LogP contribution < -0.4 is 10.6 Å². The van der Waals surface area contributed by atoms with Crippen LogP contribution in [0.25, 0.3) is 0 Å². The van der Waals surface area contributed by atoms with Crippen molar-refractivity contribution in [3.8, 4) is 0 Å². The van der Waals surface area contributed by atoms with Gasteiger partial charge in [-0.05, 0) is 6.92 Å². The summed E-state index contributed by atoms with van der Waals surface area (Å²) in [4.78, 5) is 22.3. The summed E-state index contributed by atoms with van der Waals surface area (Å²) in [6.45, 7) is 5.51. The second-order valence-electron chi connectivity index (χ2n) is 4.42. The lowest BCUT2D eigenvalue weighted by molar-refractivity contribution is -0.127. The van der Waals surface area contributed by atoms with E-state index in [1.807, 2.05) is 6.92 Å². The van der Waals surface area contributed by atoms with Crippen molar-refractivity contribution in [3.05, 3.63) is 23.2 Å². The van der Waals surface area contributed by atoms with Crippen LogP contribution in [0.15, 0.2) is 12.4 Å². The molecule has 7 heteroatoms. The van der Waals surface area contributed by atoms with Gasteiger partial charge in [-0.15, -0.1) is 0 Å². The maximum atomic E-state index is 12.0. The van der Waals surface area contributed by atoms with E-state index in [1.54, 1.807) is 6.20 Å². The number of likely N-dealkylation sites (N-methyl/N-ethyl adjacent to an activating group) is 1. The highest BCUT2D eigenvalue weighted by Crippen LogP contribution is 2.09. The molecule has 0 spiro atoms. The molecular weight excluding hydrogens is 266 g/mol. The summed E-state index contributed by atoms with van der Waals surface area (Å²) in [6.07, 6.45) is 3.18. The number of nitrogens with zero attached hydrogens (tertiary/aromatic N) is 3. The standard InChI is InChI=1S/C12H18ClN5O/c1-2-15-12(19)10-6-14-3-4-18(10)8-9-5-17-11(13)7-16-9/h5,7,10,14H,2-4,6,8H2,1H3,(H,15,19). The first-order chi connectivity index (χ1) is 9.20. The van der Waals surface area contributed by atoms with Crippen molar-refractivity contribution in [1.82, 2.24) is 25.5 Å².